The van der Waals surface area contributed by atoms with Gasteiger partial charge in [-0.3, -0.25) is 4.90 Å². The monoisotopic (exact) mass is 440 g/mol. The number of halogens is 3. The molecule has 3 rings (SSSR count). The summed E-state index contributed by atoms with van der Waals surface area (Å²) >= 11 is 0. The van der Waals surface area contributed by atoms with Gasteiger partial charge in [-0.25, -0.2) is 8.42 Å². The van der Waals surface area contributed by atoms with Crippen molar-refractivity contribution in [2.45, 2.75) is 43.8 Å². The number of benzene rings is 2. The summed E-state index contributed by atoms with van der Waals surface area (Å²) in [6.07, 6.45) is -4.49. The van der Waals surface area contributed by atoms with Gasteiger partial charge in [0, 0.05) is 32.7 Å². The van der Waals surface area contributed by atoms with Gasteiger partial charge in [0.25, 0.3) is 0 Å². The van der Waals surface area contributed by atoms with Gasteiger partial charge in [0.2, 0.25) is 10.0 Å². The summed E-state index contributed by atoms with van der Waals surface area (Å²) in [6, 6.07) is 12.1. The molecule has 0 aliphatic carbocycles. The molecule has 0 amide bonds. The Bertz CT molecular complexity index is 955. The summed E-state index contributed by atoms with van der Waals surface area (Å²) < 4.78 is 65.0. The van der Waals surface area contributed by atoms with E-state index in [1.807, 2.05) is 0 Å². The molecule has 0 unspecified atom stereocenters. The minimum Gasteiger partial charge on any atom is -0.296 e. The third kappa shape index (κ3) is 5.22. The maximum atomic E-state index is 12.8. The number of nitrogens with zero attached hydrogens (tertiary/aromatic N) is 2. The lowest BCUT2D eigenvalue weighted by Crippen LogP contribution is -2.48. The molecular weight excluding hydrogens is 413 g/mol. The smallest absolute Gasteiger partial charge is 0.296 e. The topological polar surface area (TPSA) is 40.6 Å². The van der Waals surface area contributed by atoms with E-state index >= 15 is 0 Å². The van der Waals surface area contributed by atoms with Crippen LogP contribution in [0.15, 0.2) is 53.4 Å². The Morgan fingerprint density at radius 3 is 1.77 bits per heavy atom. The highest BCUT2D eigenvalue weighted by molar-refractivity contribution is 7.89. The lowest BCUT2D eigenvalue weighted by molar-refractivity contribution is -0.137. The van der Waals surface area contributed by atoms with Gasteiger partial charge in [-0.05, 0) is 40.8 Å². The summed E-state index contributed by atoms with van der Waals surface area (Å²) in [4.78, 5) is 2.08. The molecule has 1 fully saturated rings. The molecule has 2 aromatic carbocycles. The van der Waals surface area contributed by atoms with Gasteiger partial charge in [-0.15, -0.1) is 0 Å². The Hall–Kier alpha value is -1.90. The zero-order chi connectivity index (χ0) is 22.2. The first-order chi connectivity index (χ1) is 13.9. The molecule has 0 N–H and O–H groups in total. The first-order valence-electron chi connectivity index (χ1n) is 9.86. The van der Waals surface area contributed by atoms with Crippen LogP contribution >= 0.6 is 0 Å². The highest BCUT2D eigenvalue weighted by Gasteiger charge is 2.32. The van der Waals surface area contributed by atoms with E-state index in [1.165, 1.54) is 15.4 Å². The first kappa shape index (κ1) is 22.8. The largest absolute Gasteiger partial charge is 0.416 e. The molecule has 0 atom stereocenters. The van der Waals surface area contributed by atoms with Gasteiger partial charge in [0.1, 0.15) is 0 Å². The van der Waals surface area contributed by atoms with E-state index in [4.69, 9.17) is 0 Å². The van der Waals surface area contributed by atoms with Crippen LogP contribution in [-0.4, -0.2) is 43.8 Å². The molecule has 8 heteroatoms. The van der Waals surface area contributed by atoms with Gasteiger partial charge < -0.3 is 0 Å². The molecule has 1 aliphatic heterocycles. The Labute approximate surface area is 176 Å². The Morgan fingerprint density at radius 1 is 0.800 bits per heavy atom. The number of rotatable bonds is 4. The minimum absolute atomic E-state index is 0.0941. The van der Waals surface area contributed by atoms with Crippen LogP contribution < -0.4 is 0 Å². The number of alkyl halides is 3. The van der Waals surface area contributed by atoms with Gasteiger partial charge in [0.05, 0.1) is 10.5 Å². The molecule has 1 heterocycles. The molecular formula is C22H27F3N2O2S. The fourth-order valence-electron chi connectivity index (χ4n) is 3.46. The number of hydrogen-bond acceptors (Lipinski definition) is 3. The molecule has 30 heavy (non-hydrogen) atoms. The van der Waals surface area contributed by atoms with E-state index in [0.29, 0.717) is 26.2 Å². The zero-order valence-corrected chi connectivity index (χ0v) is 18.2. The molecule has 0 aromatic heterocycles. The number of hydrogen-bond donors (Lipinski definition) is 0. The molecule has 0 bridgehead atoms. The average Bonchev–Trinajstić information content (AvgIpc) is 2.67. The number of piperazine rings is 1. The molecule has 0 saturated carbocycles. The molecule has 0 spiro atoms. The van der Waals surface area contributed by atoms with E-state index in [2.05, 4.69) is 49.9 Å². The van der Waals surface area contributed by atoms with Crippen molar-refractivity contribution in [3.8, 4) is 0 Å². The maximum absolute atomic E-state index is 12.8. The highest BCUT2D eigenvalue weighted by Crippen LogP contribution is 2.30. The van der Waals surface area contributed by atoms with Crippen molar-refractivity contribution in [3.63, 3.8) is 0 Å². The fraction of sp³-hybridized carbons (Fsp3) is 0.455. The van der Waals surface area contributed by atoms with E-state index < -0.39 is 21.8 Å². The van der Waals surface area contributed by atoms with Crippen molar-refractivity contribution >= 4 is 10.0 Å². The molecule has 0 radical (unpaired) electrons. The van der Waals surface area contributed by atoms with Crippen LogP contribution in [0.5, 0.6) is 0 Å². The van der Waals surface area contributed by atoms with E-state index in [0.717, 1.165) is 30.8 Å². The second-order valence-corrected chi connectivity index (χ2v) is 10.6. The third-order valence-corrected chi connectivity index (χ3v) is 7.29. The predicted octanol–water partition coefficient (Wildman–Crippen LogP) is 4.51. The second kappa shape index (κ2) is 8.32. The summed E-state index contributed by atoms with van der Waals surface area (Å²) in [5.74, 6) is 0. The van der Waals surface area contributed by atoms with Crippen molar-refractivity contribution in [1.29, 1.82) is 0 Å². The molecule has 2 aromatic rings. The second-order valence-electron chi connectivity index (χ2n) is 8.65. The van der Waals surface area contributed by atoms with Gasteiger partial charge in [-0.2, -0.15) is 17.5 Å². The molecule has 1 saturated heterocycles. The van der Waals surface area contributed by atoms with Crippen LogP contribution in [0, 0.1) is 0 Å². The first-order valence-corrected chi connectivity index (χ1v) is 11.3. The van der Waals surface area contributed by atoms with Crippen LogP contribution in [-0.2, 0) is 28.2 Å². The standard InChI is InChI=1S/C22H27F3N2O2S/c1-21(2,3)18-6-4-17(5-7-18)16-26-12-14-27(15-13-26)30(28,29)20-10-8-19(9-11-20)22(23,24)25/h4-11H,12-16H2,1-3H3. The fourth-order valence-corrected chi connectivity index (χ4v) is 4.88. The van der Waals surface area contributed by atoms with Crippen molar-refractivity contribution in [3.05, 3.63) is 65.2 Å². The van der Waals surface area contributed by atoms with Crippen molar-refractivity contribution in [1.82, 2.24) is 9.21 Å². The SMILES string of the molecule is CC(C)(C)c1ccc(CN2CCN(S(=O)(=O)c3ccc(C(F)(F)F)cc3)CC2)cc1. The predicted molar refractivity (Wildman–Crippen MR) is 111 cm³/mol. The zero-order valence-electron chi connectivity index (χ0n) is 17.4. The van der Waals surface area contributed by atoms with Crippen LogP contribution in [0.25, 0.3) is 0 Å². The molecule has 1 aliphatic rings. The maximum Gasteiger partial charge on any atom is 0.416 e. The van der Waals surface area contributed by atoms with E-state index in [9.17, 15) is 21.6 Å². The summed E-state index contributed by atoms with van der Waals surface area (Å²) in [5, 5.41) is 0. The van der Waals surface area contributed by atoms with Crippen LogP contribution in [0.3, 0.4) is 0 Å². The molecule has 164 valence electrons. The van der Waals surface area contributed by atoms with Crippen molar-refractivity contribution in [2.75, 3.05) is 26.2 Å². The van der Waals surface area contributed by atoms with Gasteiger partial charge >= 0.3 is 6.18 Å². The highest BCUT2D eigenvalue weighted by atomic mass is 32.2. The van der Waals surface area contributed by atoms with Gasteiger partial charge in [-0.1, -0.05) is 45.0 Å². The van der Waals surface area contributed by atoms with E-state index in [-0.39, 0.29) is 10.3 Å². The Morgan fingerprint density at radius 2 is 1.30 bits per heavy atom. The Kier molecular flexibility index (Phi) is 6.32. The van der Waals surface area contributed by atoms with Gasteiger partial charge in [0.15, 0.2) is 0 Å². The number of sulfonamides is 1. The Balaban J connectivity index is 1.60. The molecule has 4 nitrogen and oxygen atoms in total. The van der Waals surface area contributed by atoms with Crippen LogP contribution in [0.4, 0.5) is 13.2 Å². The summed E-state index contributed by atoms with van der Waals surface area (Å²) in [6.45, 7) is 8.99. The van der Waals surface area contributed by atoms with E-state index in [1.54, 1.807) is 0 Å². The average molecular weight is 441 g/mol. The van der Waals surface area contributed by atoms with Crippen molar-refractivity contribution < 1.29 is 21.6 Å². The quantitative estimate of drug-likeness (QED) is 0.703. The lowest BCUT2D eigenvalue weighted by Gasteiger charge is -2.34. The summed E-state index contributed by atoms with van der Waals surface area (Å²) in [7, 11) is -3.80. The minimum atomic E-state index is -4.49. The third-order valence-electron chi connectivity index (χ3n) is 5.38. The normalized spacial score (nSPS) is 17.3. The van der Waals surface area contributed by atoms with Crippen molar-refractivity contribution in [2.24, 2.45) is 0 Å². The lowest BCUT2D eigenvalue weighted by atomic mass is 9.87. The van der Waals surface area contributed by atoms with Crippen LogP contribution in [0.2, 0.25) is 0 Å². The van der Waals surface area contributed by atoms with Crippen LogP contribution in [0.1, 0.15) is 37.5 Å². The summed E-state index contributed by atoms with van der Waals surface area (Å²) in [5.41, 5.74) is 1.67.